The minimum atomic E-state index is 0.601. The molecule has 1 aromatic carbocycles. The zero-order chi connectivity index (χ0) is 12.8. The summed E-state index contributed by atoms with van der Waals surface area (Å²) in [5.41, 5.74) is 2.40. The number of hydrogen-bond acceptors (Lipinski definition) is 2. The maximum atomic E-state index is 6.09. The predicted octanol–water partition coefficient (Wildman–Crippen LogP) is 3.76. The Morgan fingerprint density at radius 2 is 1.83 bits per heavy atom. The Bertz CT molecular complexity index is 485. The fraction of sp³-hybridized carbons (Fsp3) is 0.267. The first-order valence-electron chi connectivity index (χ1n) is 6.15. The zero-order valence-electron chi connectivity index (χ0n) is 10.5. The molecule has 2 aromatic rings. The van der Waals surface area contributed by atoms with Gasteiger partial charge in [-0.15, -0.1) is 0 Å². The van der Waals surface area contributed by atoms with Crippen LogP contribution in [0.15, 0.2) is 48.7 Å². The van der Waals surface area contributed by atoms with Crippen LogP contribution in [0.2, 0.25) is 5.15 Å². The molecule has 0 atom stereocenters. The Kier molecular flexibility index (Phi) is 4.73. The molecule has 2 rings (SSSR count). The molecule has 0 aliphatic rings. The van der Waals surface area contributed by atoms with Gasteiger partial charge < -0.3 is 0 Å². The first kappa shape index (κ1) is 13.1. The van der Waals surface area contributed by atoms with Crippen LogP contribution < -0.4 is 0 Å². The number of aromatic nitrogens is 1. The van der Waals surface area contributed by atoms with Crippen molar-refractivity contribution in [2.45, 2.75) is 20.0 Å². The van der Waals surface area contributed by atoms with Gasteiger partial charge in [0.15, 0.2) is 0 Å². The van der Waals surface area contributed by atoms with E-state index in [-0.39, 0.29) is 0 Å². The van der Waals surface area contributed by atoms with Gasteiger partial charge >= 0.3 is 0 Å². The van der Waals surface area contributed by atoms with Gasteiger partial charge in [0.1, 0.15) is 5.15 Å². The number of rotatable bonds is 5. The van der Waals surface area contributed by atoms with E-state index in [2.05, 4.69) is 41.1 Å². The Balaban J connectivity index is 2.04. The van der Waals surface area contributed by atoms with Crippen LogP contribution in [0, 0.1) is 0 Å². The largest absolute Gasteiger partial charge is 0.295 e. The third-order valence-corrected chi connectivity index (χ3v) is 3.27. The minimum absolute atomic E-state index is 0.601. The molecule has 0 amide bonds. The normalized spacial score (nSPS) is 10.8. The summed E-state index contributed by atoms with van der Waals surface area (Å²) in [5.74, 6) is 0. The van der Waals surface area contributed by atoms with Gasteiger partial charge in [0.25, 0.3) is 0 Å². The first-order valence-corrected chi connectivity index (χ1v) is 6.53. The SMILES string of the molecule is CCN(Cc1ccccc1)Cc1cccnc1Cl. The van der Waals surface area contributed by atoms with E-state index in [0.29, 0.717) is 5.15 Å². The quantitative estimate of drug-likeness (QED) is 0.761. The molecular weight excluding hydrogens is 244 g/mol. The van der Waals surface area contributed by atoms with Crippen LogP contribution in [0.3, 0.4) is 0 Å². The van der Waals surface area contributed by atoms with Crippen molar-refractivity contribution < 1.29 is 0 Å². The molecule has 3 heteroatoms. The molecule has 94 valence electrons. The summed E-state index contributed by atoms with van der Waals surface area (Å²) < 4.78 is 0. The molecule has 18 heavy (non-hydrogen) atoms. The fourth-order valence-corrected chi connectivity index (χ4v) is 2.08. The molecule has 0 aliphatic heterocycles. The van der Waals surface area contributed by atoms with E-state index in [9.17, 15) is 0 Å². The van der Waals surface area contributed by atoms with Crippen LogP contribution in [0.25, 0.3) is 0 Å². The number of hydrogen-bond donors (Lipinski definition) is 0. The summed E-state index contributed by atoms with van der Waals surface area (Å²) in [6.07, 6.45) is 1.72. The van der Waals surface area contributed by atoms with Gasteiger partial charge in [-0.25, -0.2) is 4.98 Å². The highest BCUT2D eigenvalue weighted by Gasteiger charge is 2.07. The lowest BCUT2D eigenvalue weighted by molar-refractivity contribution is 0.271. The van der Waals surface area contributed by atoms with Crippen molar-refractivity contribution in [2.24, 2.45) is 0 Å². The maximum Gasteiger partial charge on any atom is 0.133 e. The lowest BCUT2D eigenvalue weighted by Gasteiger charge is -2.20. The third kappa shape index (κ3) is 3.56. The van der Waals surface area contributed by atoms with Gasteiger partial charge in [0, 0.05) is 24.8 Å². The van der Waals surface area contributed by atoms with Crippen LogP contribution in [0.1, 0.15) is 18.1 Å². The standard InChI is InChI=1S/C15H17ClN2/c1-2-18(11-13-7-4-3-5-8-13)12-14-9-6-10-17-15(14)16/h3-10H,2,11-12H2,1H3. The summed E-state index contributed by atoms with van der Waals surface area (Å²) >= 11 is 6.09. The highest BCUT2D eigenvalue weighted by atomic mass is 35.5. The summed E-state index contributed by atoms with van der Waals surface area (Å²) in [4.78, 5) is 6.46. The molecule has 0 saturated carbocycles. The van der Waals surface area contributed by atoms with Crippen molar-refractivity contribution in [1.29, 1.82) is 0 Å². The van der Waals surface area contributed by atoms with E-state index in [4.69, 9.17) is 11.6 Å². The second-order valence-electron chi connectivity index (χ2n) is 4.24. The van der Waals surface area contributed by atoms with Crippen molar-refractivity contribution in [3.63, 3.8) is 0 Å². The number of pyridine rings is 1. The molecule has 0 saturated heterocycles. The van der Waals surface area contributed by atoms with Crippen LogP contribution in [-0.2, 0) is 13.1 Å². The van der Waals surface area contributed by atoms with E-state index >= 15 is 0 Å². The van der Waals surface area contributed by atoms with E-state index in [1.807, 2.05) is 18.2 Å². The highest BCUT2D eigenvalue weighted by molar-refractivity contribution is 6.30. The molecule has 0 aliphatic carbocycles. The second kappa shape index (κ2) is 6.53. The van der Waals surface area contributed by atoms with E-state index in [1.165, 1.54) is 5.56 Å². The van der Waals surface area contributed by atoms with Crippen molar-refractivity contribution in [2.75, 3.05) is 6.54 Å². The average Bonchev–Trinajstić information content (AvgIpc) is 2.41. The lowest BCUT2D eigenvalue weighted by Crippen LogP contribution is -2.22. The van der Waals surface area contributed by atoms with Gasteiger partial charge in [-0.3, -0.25) is 4.90 Å². The second-order valence-corrected chi connectivity index (χ2v) is 4.60. The highest BCUT2D eigenvalue weighted by Crippen LogP contribution is 2.15. The van der Waals surface area contributed by atoms with Crippen molar-refractivity contribution in [1.82, 2.24) is 9.88 Å². The zero-order valence-corrected chi connectivity index (χ0v) is 11.3. The maximum absolute atomic E-state index is 6.09. The molecular formula is C15H17ClN2. The fourth-order valence-electron chi connectivity index (χ4n) is 1.90. The molecule has 1 heterocycles. The number of benzene rings is 1. The molecule has 2 nitrogen and oxygen atoms in total. The monoisotopic (exact) mass is 260 g/mol. The number of halogens is 1. The average molecular weight is 261 g/mol. The van der Waals surface area contributed by atoms with Crippen molar-refractivity contribution in [3.8, 4) is 0 Å². The molecule has 0 radical (unpaired) electrons. The van der Waals surface area contributed by atoms with Gasteiger partial charge in [-0.05, 0) is 18.2 Å². The van der Waals surface area contributed by atoms with E-state index in [1.54, 1.807) is 6.20 Å². The van der Waals surface area contributed by atoms with Crippen molar-refractivity contribution in [3.05, 3.63) is 64.9 Å². The molecule has 0 fully saturated rings. The lowest BCUT2D eigenvalue weighted by atomic mass is 10.2. The van der Waals surface area contributed by atoms with Gasteiger partial charge in [0.05, 0.1) is 0 Å². The summed E-state index contributed by atoms with van der Waals surface area (Å²) in [6, 6.07) is 14.4. The van der Waals surface area contributed by atoms with Gasteiger partial charge in [0.2, 0.25) is 0 Å². The summed E-state index contributed by atoms with van der Waals surface area (Å²) in [7, 11) is 0. The summed E-state index contributed by atoms with van der Waals surface area (Å²) in [6.45, 7) is 4.91. The number of nitrogens with zero attached hydrogens (tertiary/aromatic N) is 2. The van der Waals surface area contributed by atoms with Gasteiger partial charge in [-0.2, -0.15) is 0 Å². The van der Waals surface area contributed by atoms with E-state index in [0.717, 1.165) is 25.2 Å². The summed E-state index contributed by atoms with van der Waals surface area (Å²) in [5, 5.41) is 0.601. The van der Waals surface area contributed by atoms with Crippen LogP contribution in [0.5, 0.6) is 0 Å². The molecule has 0 N–H and O–H groups in total. The van der Waals surface area contributed by atoms with Crippen LogP contribution in [-0.4, -0.2) is 16.4 Å². The third-order valence-electron chi connectivity index (χ3n) is 2.93. The predicted molar refractivity (Wildman–Crippen MR) is 75.5 cm³/mol. The molecule has 0 spiro atoms. The minimum Gasteiger partial charge on any atom is -0.295 e. The van der Waals surface area contributed by atoms with Crippen LogP contribution in [0.4, 0.5) is 0 Å². The Morgan fingerprint density at radius 1 is 1.06 bits per heavy atom. The first-order chi connectivity index (χ1) is 8.79. The Labute approximate surface area is 113 Å². The molecule has 0 bridgehead atoms. The molecule has 0 unspecified atom stereocenters. The molecule has 1 aromatic heterocycles. The Morgan fingerprint density at radius 3 is 2.50 bits per heavy atom. The Hall–Kier alpha value is -1.38. The van der Waals surface area contributed by atoms with Gasteiger partial charge in [-0.1, -0.05) is 54.9 Å². The smallest absolute Gasteiger partial charge is 0.133 e. The van der Waals surface area contributed by atoms with Crippen LogP contribution >= 0.6 is 11.6 Å². The van der Waals surface area contributed by atoms with E-state index < -0.39 is 0 Å². The topological polar surface area (TPSA) is 16.1 Å². The van der Waals surface area contributed by atoms with Crippen molar-refractivity contribution >= 4 is 11.6 Å².